The molecule has 0 aromatic carbocycles. The summed E-state index contributed by atoms with van der Waals surface area (Å²) in [4.78, 5) is 12.4. The van der Waals surface area contributed by atoms with E-state index in [4.69, 9.17) is 11.4 Å². The van der Waals surface area contributed by atoms with Crippen LogP contribution in [0.5, 0.6) is 0 Å². The summed E-state index contributed by atoms with van der Waals surface area (Å²) in [5.41, 5.74) is 11.0. The standard InChI is InChI=1S/C15H19N5S.C4H6/c1-4-6-11-9(3)19-20-13(11)12-8-21-15(18-12)14-16-7-10(5-2)17-14;1-3-4-2/h4,6-8,13,19-20H,5H2,1-3H3,(H,16,17);1H,4H2,2H3/b6-4-;. The molecular weight excluding hydrogens is 330 g/mol. The zero-order valence-electron chi connectivity index (χ0n) is 15.2. The van der Waals surface area contributed by atoms with Crippen LogP contribution in [0.2, 0.25) is 0 Å². The maximum Gasteiger partial charge on any atom is 0.166 e. The third-order valence-electron chi connectivity index (χ3n) is 3.73. The van der Waals surface area contributed by atoms with Gasteiger partial charge in [-0.25, -0.2) is 15.4 Å². The maximum atomic E-state index is 4.78. The highest BCUT2D eigenvalue weighted by molar-refractivity contribution is 7.13. The fourth-order valence-corrected chi connectivity index (χ4v) is 3.15. The Morgan fingerprint density at radius 3 is 2.76 bits per heavy atom. The Hall–Kier alpha value is -2.36. The first-order chi connectivity index (χ1) is 12.1. The lowest BCUT2D eigenvalue weighted by molar-refractivity contribution is 0.582. The third kappa shape index (κ3) is 4.59. The first kappa shape index (κ1) is 19.0. The van der Waals surface area contributed by atoms with Gasteiger partial charge in [-0.1, -0.05) is 26.0 Å². The molecule has 0 saturated heterocycles. The molecule has 0 saturated carbocycles. The van der Waals surface area contributed by atoms with Crippen LogP contribution < -0.4 is 10.9 Å². The normalized spacial score (nSPS) is 16.5. The van der Waals surface area contributed by atoms with Crippen LogP contribution in [0, 0.1) is 12.3 Å². The largest absolute Gasteiger partial charge is 0.340 e. The minimum atomic E-state index is 0.0896. The quantitative estimate of drug-likeness (QED) is 0.722. The van der Waals surface area contributed by atoms with Gasteiger partial charge < -0.3 is 10.4 Å². The zero-order chi connectivity index (χ0) is 18.2. The molecule has 25 heavy (non-hydrogen) atoms. The van der Waals surface area contributed by atoms with E-state index in [-0.39, 0.29) is 6.04 Å². The number of hydrogen-bond donors (Lipinski definition) is 3. The van der Waals surface area contributed by atoms with Crippen LogP contribution in [0.15, 0.2) is 35.0 Å². The van der Waals surface area contributed by atoms with Crippen molar-refractivity contribution in [2.75, 3.05) is 0 Å². The fraction of sp³-hybridized carbons (Fsp3) is 0.368. The molecule has 3 N–H and O–H groups in total. The molecular formula is C19H25N5S. The maximum absolute atomic E-state index is 4.78. The highest BCUT2D eigenvalue weighted by atomic mass is 32.1. The number of thiazole rings is 1. The van der Waals surface area contributed by atoms with E-state index < -0.39 is 0 Å². The Kier molecular flexibility index (Phi) is 6.99. The predicted molar refractivity (Wildman–Crippen MR) is 105 cm³/mol. The van der Waals surface area contributed by atoms with Crippen molar-refractivity contribution < 1.29 is 0 Å². The zero-order valence-corrected chi connectivity index (χ0v) is 16.0. The summed E-state index contributed by atoms with van der Waals surface area (Å²) in [6.45, 7) is 8.14. The Bertz CT molecular complexity index is 791. The van der Waals surface area contributed by atoms with Crippen LogP contribution in [0.25, 0.3) is 10.8 Å². The molecule has 3 heterocycles. The van der Waals surface area contributed by atoms with Crippen LogP contribution in [0.4, 0.5) is 0 Å². The predicted octanol–water partition coefficient (Wildman–Crippen LogP) is 4.12. The Morgan fingerprint density at radius 1 is 1.40 bits per heavy atom. The molecule has 1 aliphatic rings. The molecule has 3 rings (SSSR count). The number of aromatic nitrogens is 3. The minimum Gasteiger partial charge on any atom is -0.340 e. The smallest absolute Gasteiger partial charge is 0.166 e. The van der Waals surface area contributed by atoms with E-state index in [1.165, 1.54) is 5.57 Å². The second-order valence-electron chi connectivity index (χ2n) is 5.53. The average Bonchev–Trinajstić information content (AvgIpc) is 3.35. The molecule has 0 spiro atoms. The number of nitrogens with one attached hydrogen (secondary N) is 3. The molecule has 5 nitrogen and oxygen atoms in total. The van der Waals surface area contributed by atoms with E-state index >= 15 is 0 Å². The van der Waals surface area contributed by atoms with E-state index in [1.54, 1.807) is 11.3 Å². The molecule has 0 aliphatic carbocycles. The second-order valence-corrected chi connectivity index (χ2v) is 6.39. The second kappa shape index (κ2) is 9.21. The SMILES string of the molecule is C#CCC.C/C=C\C1=C(C)NNC1c1csc(-c2ncc(CC)[nH]2)n1. The first-order valence-corrected chi connectivity index (χ1v) is 9.30. The van der Waals surface area contributed by atoms with Crippen molar-refractivity contribution in [1.29, 1.82) is 0 Å². The Labute approximate surface area is 153 Å². The summed E-state index contributed by atoms with van der Waals surface area (Å²) in [6, 6.07) is 0.0896. The van der Waals surface area contributed by atoms with Gasteiger partial charge in [0, 0.05) is 29.4 Å². The van der Waals surface area contributed by atoms with Crippen molar-refractivity contribution in [2.24, 2.45) is 0 Å². The molecule has 0 radical (unpaired) electrons. The van der Waals surface area contributed by atoms with Gasteiger partial charge in [-0.05, 0) is 25.8 Å². The molecule has 6 heteroatoms. The molecule has 1 unspecified atom stereocenters. The van der Waals surface area contributed by atoms with Gasteiger partial charge in [0.25, 0.3) is 0 Å². The molecule has 0 amide bonds. The summed E-state index contributed by atoms with van der Waals surface area (Å²) >= 11 is 1.62. The lowest BCUT2D eigenvalue weighted by atomic mass is 10.0. The average molecular weight is 356 g/mol. The van der Waals surface area contributed by atoms with Gasteiger partial charge in [-0.2, -0.15) is 0 Å². The molecule has 132 valence electrons. The van der Waals surface area contributed by atoms with Gasteiger partial charge in [-0.3, -0.25) is 0 Å². The molecule has 0 bridgehead atoms. The van der Waals surface area contributed by atoms with Gasteiger partial charge in [-0.15, -0.1) is 23.7 Å². The van der Waals surface area contributed by atoms with E-state index in [9.17, 15) is 0 Å². The number of imidazole rings is 1. The van der Waals surface area contributed by atoms with Crippen LogP contribution in [-0.2, 0) is 6.42 Å². The number of terminal acetylenes is 1. The van der Waals surface area contributed by atoms with Crippen molar-refractivity contribution >= 4 is 11.3 Å². The number of rotatable bonds is 4. The summed E-state index contributed by atoms with van der Waals surface area (Å²) in [5, 5.41) is 3.01. The number of H-pyrrole nitrogens is 1. The van der Waals surface area contributed by atoms with Crippen LogP contribution >= 0.6 is 11.3 Å². The van der Waals surface area contributed by atoms with Crippen LogP contribution in [0.1, 0.15) is 51.5 Å². The first-order valence-electron chi connectivity index (χ1n) is 8.42. The van der Waals surface area contributed by atoms with Crippen LogP contribution in [-0.4, -0.2) is 15.0 Å². The lowest BCUT2D eigenvalue weighted by Gasteiger charge is -2.08. The van der Waals surface area contributed by atoms with Gasteiger partial charge in [0.2, 0.25) is 0 Å². The summed E-state index contributed by atoms with van der Waals surface area (Å²) in [5.74, 6) is 3.28. The van der Waals surface area contributed by atoms with Crippen molar-refractivity contribution in [3.63, 3.8) is 0 Å². The van der Waals surface area contributed by atoms with Gasteiger partial charge in [0.05, 0.1) is 11.7 Å². The molecule has 2 aromatic rings. The summed E-state index contributed by atoms with van der Waals surface area (Å²) in [7, 11) is 0. The monoisotopic (exact) mass is 355 g/mol. The highest BCUT2D eigenvalue weighted by Crippen LogP contribution is 2.31. The Balaban J connectivity index is 0.000000511. The van der Waals surface area contributed by atoms with E-state index in [1.807, 2.05) is 26.1 Å². The molecule has 1 atom stereocenters. The van der Waals surface area contributed by atoms with Crippen LogP contribution in [0.3, 0.4) is 0 Å². The van der Waals surface area contributed by atoms with Crippen molar-refractivity contribution in [1.82, 2.24) is 25.8 Å². The number of allylic oxidation sites excluding steroid dienone is 2. The minimum absolute atomic E-state index is 0.0896. The summed E-state index contributed by atoms with van der Waals surface area (Å²) < 4.78 is 0. The molecule has 1 aliphatic heterocycles. The molecule has 2 aromatic heterocycles. The van der Waals surface area contributed by atoms with E-state index in [2.05, 4.69) is 52.0 Å². The van der Waals surface area contributed by atoms with E-state index in [0.717, 1.165) is 40.8 Å². The summed E-state index contributed by atoms with van der Waals surface area (Å²) in [6.07, 6.45) is 12.6. The number of aryl methyl sites for hydroxylation is 1. The van der Waals surface area contributed by atoms with Gasteiger partial charge >= 0.3 is 0 Å². The highest BCUT2D eigenvalue weighted by Gasteiger charge is 2.25. The van der Waals surface area contributed by atoms with Crippen molar-refractivity contribution in [2.45, 2.75) is 46.6 Å². The van der Waals surface area contributed by atoms with Gasteiger partial charge in [0.15, 0.2) is 10.8 Å². The van der Waals surface area contributed by atoms with Gasteiger partial charge in [0.1, 0.15) is 0 Å². The Morgan fingerprint density at radius 2 is 2.16 bits per heavy atom. The fourth-order valence-electron chi connectivity index (χ4n) is 2.36. The van der Waals surface area contributed by atoms with Crippen molar-refractivity contribution in [3.8, 4) is 23.2 Å². The third-order valence-corrected chi connectivity index (χ3v) is 4.60. The number of nitrogens with zero attached hydrogens (tertiary/aromatic N) is 2. The number of aromatic amines is 1. The lowest BCUT2D eigenvalue weighted by Crippen LogP contribution is -2.26. The number of hydrazine groups is 1. The van der Waals surface area contributed by atoms with E-state index in [0.29, 0.717) is 0 Å². The van der Waals surface area contributed by atoms with Crippen molar-refractivity contribution in [3.05, 3.63) is 46.4 Å². The number of hydrogen-bond acceptors (Lipinski definition) is 5. The molecule has 0 fully saturated rings. The topological polar surface area (TPSA) is 65.6 Å².